The van der Waals surface area contributed by atoms with Gasteiger partial charge >= 0.3 is 0 Å². The Hall–Kier alpha value is -6.29. The lowest BCUT2D eigenvalue weighted by Gasteiger charge is -2.40. The Kier molecular flexibility index (Phi) is 11.6. The molecule has 0 saturated heterocycles. The highest BCUT2D eigenvalue weighted by atomic mass is 35.5. The molecule has 2 aliphatic rings. The molecule has 0 fully saturated rings. The van der Waals surface area contributed by atoms with Crippen molar-refractivity contribution in [2.24, 2.45) is 14.1 Å². The van der Waals surface area contributed by atoms with E-state index in [0.29, 0.717) is 36.3 Å². The summed E-state index contributed by atoms with van der Waals surface area (Å²) in [4.78, 5) is 21.2. The van der Waals surface area contributed by atoms with Crippen LogP contribution in [0.2, 0.25) is 5.28 Å². The Balaban J connectivity index is 0.000000159. The Labute approximate surface area is 337 Å². The van der Waals surface area contributed by atoms with Gasteiger partial charge in [0.2, 0.25) is 11.2 Å². The number of fused-ring (bicyclic) bond motifs is 2. The lowest BCUT2D eigenvalue weighted by molar-refractivity contribution is 0.215. The standard InChI is InChI=1S/C20H24N6O2.C11H13N3O.C9H12ClN3O/c1-20(2)12-28-17-10-21-19(24-18(17)26(20)4)23-14-6-7-15(16(8-14)27-5)13-9-22-25(3)11-13;1-14-7-8(6-13-14)10-4-3-9(12)5-11(10)15-2;1-9(2)5-14-6-4-11-8(10)12-7(6)13(9)3/h6-11H,12H2,1-5H3,(H,21,23,24);3-7H,12H2,1-2H3;4H,5H2,1-3H3. The number of aryl methyl sites for hydroxylation is 2. The van der Waals surface area contributed by atoms with Crippen LogP contribution in [0.4, 0.5) is 29.0 Å². The van der Waals surface area contributed by atoms with Crippen molar-refractivity contribution >= 4 is 40.6 Å². The molecule has 16 nitrogen and oxygen atoms in total. The largest absolute Gasteiger partial charge is 0.496 e. The van der Waals surface area contributed by atoms with Crippen molar-refractivity contribution in [3.63, 3.8) is 0 Å². The molecule has 0 spiro atoms. The number of halogens is 1. The number of nitrogens with one attached hydrogen (secondary N) is 1. The van der Waals surface area contributed by atoms with E-state index in [1.807, 2.05) is 83.2 Å². The fourth-order valence-corrected chi connectivity index (χ4v) is 6.06. The van der Waals surface area contributed by atoms with Crippen LogP contribution >= 0.6 is 11.6 Å². The van der Waals surface area contributed by atoms with Gasteiger partial charge in [0, 0.05) is 86.3 Å². The maximum absolute atomic E-state index is 5.80. The fraction of sp³-hybridized carbons (Fsp3) is 0.350. The first-order valence-corrected chi connectivity index (χ1v) is 18.5. The van der Waals surface area contributed by atoms with Crippen LogP contribution in [0.3, 0.4) is 0 Å². The summed E-state index contributed by atoms with van der Waals surface area (Å²) in [5.74, 6) is 4.92. The second kappa shape index (κ2) is 16.4. The van der Waals surface area contributed by atoms with Gasteiger partial charge in [-0.2, -0.15) is 20.2 Å². The van der Waals surface area contributed by atoms with E-state index in [1.54, 1.807) is 42.2 Å². The van der Waals surface area contributed by atoms with Crippen LogP contribution in [0.25, 0.3) is 22.3 Å². The van der Waals surface area contributed by atoms with Crippen molar-refractivity contribution in [3.8, 4) is 45.3 Å². The first-order valence-electron chi connectivity index (χ1n) is 18.1. The number of ether oxygens (including phenoxy) is 4. The highest BCUT2D eigenvalue weighted by Gasteiger charge is 2.34. The summed E-state index contributed by atoms with van der Waals surface area (Å²) in [7, 11) is 11.1. The second-order valence-corrected chi connectivity index (χ2v) is 15.2. The molecule has 0 saturated carbocycles. The topological polar surface area (TPSA) is 169 Å². The van der Waals surface area contributed by atoms with Gasteiger partial charge in [-0.25, -0.2) is 9.97 Å². The third-order valence-electron chi connectivity index (χ3n) is 9.77. The van der Waals surface area contributed by atoms with Crippen LogP contribution < -0.4 is 39.8 Å². The summed E-state index contributed by atoms with van der Waals surface area (Å²) >= 11 is 5.73. The molecule has 6 aromatic rings. The number of hydrogen-bond acceptors (Lipinski definition) is 14. The summed E-state index contributed by atoms with van der Waals surface area (Å²) in [5, 5.41) is 11.9. The molecule has 300 valence electrons. The molecule has 2 aromatic carbocycles. The molecule has 57 heavy (non-hydrogen) atoms. The molecule has 0 atom stereocenters. The molecule has 0 aliphatic carbocycles. The van der Waals surface area contributed by atoms with Gasteiger partial charge in [0.25, 0.3) is 0 Å². The SMILES string of the molecule is CN1c2nc(Cl)ncc2OCC1(C)C.COc1cc(N)ccc1-c1cnn(C)c1.COc1cc(Nc2ncc3c(n2)N(C)C(C)(C)CO3)ccc1-c1cnn(C)c1. The highest BCUT2D eigenvalue weighted by Crippen LogP contribution is 2.38. The molecule has 17 heteroatoms. The molecule has 0 radical (unpaired) electrons. The number of nitrogens with two attached hydrogens (primary N) is 1. The molecule has 8 rings (SSSR count). The molecule has 0 bridgehead atoms. The molecule has 3 N–H and O–H groups in total. The minimum atomic E-state index is -0.132. The smallest absolute Gasteiger partial charge is 0.229 e. The summed E-state index contributed by atoms with van der Waals surface area (Å²) in [6.45, 7) is 9.64. The zero-order chi connectivity index (χ0) is 41.1. The first-order chi connectivity index (χ1) is 27.1. The summed E-state index contributed by atoms with van der Waals surface area (Å²) in [5.41, 5.74) is 11.0. The van der Waals surface area contributed by atoms with E-state index in [2.05, 4.69) is 72.9 Å². The molecular weight excluding hydrogens is 748 g/mol. The Bertz CT molecular complexity index is 2340. The third-order valence-corrected chi connectivity index (χ3v) is 9.95. The van der Waals surface area contributed by atoms with E-state index in [-0.39, 0.29) is 16.4 Å². The molecule has 0 amide bonds. The monoisotopic (exact) mass is 796 g/mol. The van der Waals surface area contributed by atoms with Crippen LogP contribution in [0.5, 0.6) is 23.0 Å². The number of nitrogens with zero attached hydrogens (tertiary/aromatic N) is 10. The molecule has 0 unspecified atom stereocenters. The lowest BCUT2D eigenvalue weighted by Crippen LogP contribution is -2.49. The summed E-state index contributed by atoms with van der Waals surface area (Å²) < 4.78 is 25.7. The van der Waals surface area contributed by atoms with Gasteiger partial charge in [-0.1, -0.05) is 0 Å². The van der Waals surface area contributed by atoms with Crippen LogP contribution in [-0.4, -0.2) is 92.1 Å². The number of methoxy groups -OCH3 is 2. The van der Waals surface area contributed by atoms with Crippen molar-refractivity contribution in [2.75, 3.05) is 62.4 Å². The first kappa shape index (κ1) is 40.4. The van der Waals surface area contributed by atoms with Gasteiger partial charge in [-0.3, -0.25) is 9.36 Å². The number of hydrogen-bond donors (Lipinski definition) is 2. The maximum Gasteiger partial charge on any atom is 0.229 e. The average Bonchev–Trinajstić information content (AvgIpc) is 3.83. The number of aromatic nitrogens is 8. The summed E-state index contributed by atoms with van der Waals surface area (Å²) in [6, 6.07) is 11.5. The Morgan fingerprint density at radius 3 is 1.74 bits per heavy atom. The van der Waals surface area contributed by atoms with E-state index in [1.165, 1.54) is 0 Å². The van der Waals surface area contributed by atoms with Gasteiger partial charge in [-0.15, -0.1) is 0 Å². The van der Waals surface area contributed by atoms with Crippen molar-refractivity contribution in [2.45, 2.75) is 38.8 Å². The van der Waals surface area contributed by atoms with Crippen LogP contribution in [0.1, 0.15) is 27.7 Å². The highest BCUT2D eigenvalue weighted by molar-refractivity contribution is 6.28. The van der Waals surface area contributed by atoms with E-state index >= 15 is 0 Å². The van der Waals surface area contributed by atoms with E-state index in [9.17, 15) is 0 Å². The van der Waals surface area contributed by atoms with Gasteiger partial charge in [0.1, 0.15) is 24.7 Å². The van der Waals surface area contributed by atoms with Gasteiger partial charge < -0.3 is 39.8 Å². The molecule has 2 aliphatic heterocycles. The minimum Gasteiger partial charge on any atom is -0.496 e. The van der Waals surface area contributed by atoms with Crippen molar-refractivity contribution in [3.05, 3.63) is 78.9 Å². The minimum absolute atomic E-state index is 0.0648. The van der Waals surface area contributed by atoms with E-state index in [0.717, 1.165) is 51.1 Å². The van der Waals surface area contributed by atoms with Crippen molar-refractivity contribution in [1.82, 2.24) is 39.5 Å². The molecule has 6 heterocycles. The van der Waals surface area contributed by atoms with Crippen LogP contribution in [-0.2, 0) is 14.1 Å². The number of rotatable bonds is 6. The molecule has 4 aromatic heterocycles. The van der Waals surface area contributed by atoms with Crippen molar-refractivity contribution < 1.29 is 18.9 Å². The molecular formula is C40H49ClN12O4. The third kappa shape index (κ3) is 9.07. The second-order valence-electron chi connectivity index (χ2n) is 14.8. The van der Waals surface area contributed by atoms with Crippen LogP contribution in [0, 0.1) is 0 Å². The Morgan fingerprint density at radius 1 is 0.702 bits per heavy atom. The van der Waals surface area contributed by atoms with E-state index < -0.39 is 0 Å². The van der Waals surface area contributed by atoms with Gasteiger partial charge in [0.05, 0.1) is 50.1 Å². The summed E-state index contributed by atoms with van der Waals surface area (Å²) in [6.07, 6.45) is 10.8. The number of likely N-dealkylation sites (N-methyl/N-ethyl adjacent to an activating group) is 2. The van der Waals surface area contributed by atoms with Gasteiger partial charge in [-0.05, 0) is 63.6 Å². The van der Waals surface area contributed by atoms with Crippen molar-refractivity contribution in [1.29, 1.82) is 0 Å². The van der Waals surface area contributed by atoms with Gasteiger partial charge in [0.15, 0.2) is 23.1 Å². The normalized spacial score (nSPS) is 14.6. The number of anilines is 5. The maximum atomic E-state index is 5.80. The quantitative estimate of drug-likeness (QED) is 0.136. The number of nitrogen functional groups attached to an aromatic ring is 1. The zero-order valence-corrected chi connectivity index (χ0v) is 34.7. The number of benzene rings is 2. The van der Waals surface area contributed by atoms with E-state index in [4.69, 9.17) is 36.3 Å². The average molecular weight is 797 g/mol. The lowest BCUT2D eigenvalue weighted by atomic mass is 10.0. The predicted octanol–water partition coefficient (Wildman–Crippen LogP) is 6.65. The van der Waals surface area contributed by atoms with Crippen LogP contribution in [0.15, 0.2) is 73.6 Å². The predicted molar refractivity (Wildman–Crippen MR) is 223 cm³/mol. The fourth-order valence-electron chi connectivity index (χ4n) is 5.93. The zero-order valence-electron chi connectivity index (χ0n) is 33.9. The Morgan fingerprint density at radius 2 is 1.21 bits per heavy atom.